The van der Waals surface area contributed by atoms with Crippen LogP contribution in [0.2, 0.25) is 5.02 Å². The summed E-state index contributed by atoms with van der Waals surface area (Å²) in [5.41, 5.74) is -1.02. The number of non-ortho nitro benzene ring substituents is 1. The van der Waals surface area contributed by atoms with Gasteiger partial charge in [0.2, 0.25) is 0 Å². The number of halogens is 3. The van der Waals surface area contributed by atoms with Crippen molar-refractivity contribution in [3.05, 3.63) is 62.7 Å². The van der Waals surface area contributed by atoms with Crippen molar-refractivity contribution >= 4 is 40.8 Å². The van der Waals surface area contributed by atoms with Gasteiger partial charge in [0.1, 0.15) is 5.75 Å². The second-order valence-electron chi connectivity index (χ2n) is 5.89. The van der Waals surface area contributed by atoms with E-state index >= 15 is 0 Å². The monoisotopic (exact) mass is 472 g/mol. The molecule has 0 fully saturated rings. The van der Waals surface area contributed by atoms with Crippen molar-refractivity contribution < 1.29 is 42.3 Å². The zero-order valence-electron chi connectivity index (χ0n) is 16.3. The SMILES string of the molecule is CCOC(=O)c1cc(C(=O)OCC(=O)Nc2ccc(OC(F)F)c(Cl)c2)cc([N+](=O)[O-])c1. The van der Waals surface area contributed by atoms with E-state index in [1.165, 1.54) is 13.0 Å². The molecule has 0 aliphatic rings. The van der Waals surface area contributed by atoms with Gasteiger partial charge in [-0.1, -0.05) is 11.6 Å². The van der Waals surface area contributed by atoms with Crippen LogP contribution in [0.5, 0.6) is 5.75 Å². The molecule has 0 heterocycles. The molecule has 2 aromatic rings. The highest BCUT2D eigenvalue weighted by Gasteiger charge is 2.20. The highest BCUT2D eigenvalue weighted by molar-refractivity contribution is 6.32. The summed E-state index contributed by atoms with van der Waals surface area (Å²) >= 11 is 5.78. The normalized spacial score (nSPS) is 10.4. The number of alkyl halides is 2. The Bertz CT molecular complexity index is 1050. The summed E-state index contributed by atoms with van der Waals surface area (Å²) in [5, 5.41) is 13.2. The van der Waals surface area contributed by atoms with Gasteiger partial charge in [-0.25, -0.2) is 9.59 Å². The summed E-state index contributed by atoms with van der Waals surface area (Å²) in [6.45, 7) is -2.31. The van der Waals surface area contributed by atoms with Crippen LogP contribution in [-0.2, 0) is 14.3 Å². The molecule has 2 rings (SSSR count). The topological polar surface area (TPSA) is 134 Å². The van der Waals surface area contributed by atoms with E-state index in [-0.39, 0.29) is 34.2 Å². The maximum Gasteiger partial charge on any atom is 0.387 e. The van der Waals surface area contributed by atoms with Crippen LogP contribution in [-0.4, -0.2) is 42.6 Å². The van der Waals surface area contributed by atoms with E-state index in [4.69, 9.17) is 21.1 Å². The average Bonchev–Trinajstić information content (AvgIpc) is 2.73. The summed E-state index contributed by atoms with van der Waals surface area (Å²) in [4.78, 5) is 46.3. The molecular formula is C19H15ClF2N2O8. The second-order valence-corrected chi connectivity index (χ2v) is 6.30. The number of nitrogens with zero attached hydrogens (tertiary/aromatic N) is 1. The average molecular weight is 473 g/mol. The van der Waals surface area contributed by atoms with Crippen LogP contribution in [0, 0.1) is 10.1 Å². The second kappa shape index (κ2) is 11.0. The molecule has 10 nitrogen and oxygen atoms in total. The van der Waals surface area contributed by atoms with Crippen molar-refractivity contribution in [3.63, 3.8) is 0 Å². The third-order valence-corrected chi connectivity index (χ3v) is 3.94. The molecular weight excluding hydrogens is 458 g/mol. The maximum absolute atomic E-state index is 12.2. The van der Waals surface area contributed by atoms with Gasteiger partial charge in [-0.2, -0.15) is 8.78 Å². The largest absolute Gasteiger partial charge is 0.462 e. The highest BCUT2D eigenvalue weighted by atomic mass is 35.5. The first kappa shape index (κ1) is 24.5. The van der Waals surface area contributed by atoms with Crippen LogP contribution in [0.3, 0.4) is 0 Å². The molecule has 0 saturated carbocycles. The molecule has 0 spiro atoms. The van der Waals surface area contributed by atoms with Gasteiger partial charge < -0.3 is 19.5 Å². The van der Waals surface area contributed by atoms with E-state index in [0.29, 0.717) is 0 Å². The first-order valence-electron chi connectivity index (χ1n) is 8.78. The fourth-order valence-corrected chi connectivity index (χ4v) is 2.57. The van der Waals surface area contributed by atoms with Crippen molar-refractivity contribution in [2.24, 2.45) is 0 Å². The minimum atomic E-state index is -3.08. The molecule has 0 radical (unpaired) electrons. The van der Waals surface area contributed by atoms with E-state index < -0.39 is 41.7 Å². The summed E-state index contributed by atoms with van der Waals surface area (Å²) in [5.74, 6) is -3.09. The van der Waals surface area contributed by atoms with Gasteiger partial charge >= 0.3 is 18.6 Å². The van der Waals surface area contributed by atoms with Crippen molar-refractivity contribution in [2.45, 2.75) is 13.5 Å². The minimum Gasteiger partial charge on any atom is -0.462 e. The van der Waals surface area contributed by atoms with Crippen LogP contribution in [0.1, 0.15) is 27.6 Å². The Morgan fingerprint density at radius 1 is 1.09 bits per heavy atom. The Morgan fingerprint density at radius 3 is 2.25 bits per heavy atom. The molecule has 0 bridgehead atoms. The van der Waals surface area contributed by atoms with Crippen molar-refractivity contribution in [1.82, 2.24) is 0 Å². The summed E-state index contributed by atoms with van der Waals surface area (Å²) < 4.78 is 38.2. The van der Waals surface area contributed by atoms with Gasteiger partial charge in [0, 0.05) is 17.8 Å². The van der Waals surface area contributed by atoms with E-state index in [1.807, 2.05) is 0 Å². The first-order chi connectivity index (χ1) is 15.1. The number of ether oxygens (including phenoxy) is 3. The van der Waals surface area contributed by atoms with Gasteiger partial charge in [0.05, 0.1) is 27.7 Å². The van der Waals surface area contributed by atoms with Crippen LogP contribution >= 0.6 is 11.6 Å². The molecule has 0 aliphatic carbocycles. The van der Waals surface area contributed by atoms with E-state index in [1.54, 1.807) is 0 Å². The van der Waals surface area contributed by atoms with Gasteiger partial charge in [0.15, 0.2) is 6.61 Å². The predicted octanol–water partition coefficient (Wildman–Crippen LogP) is 3.82. The van der Waals surface area contributed by atoms with Crippen LogP contribution < -0.4 is 10.1 Å². The first-order valence-corrected chi connectivity index (χ1v) is 9.16. The Kier molecular flexibility index (Phi) is 8.41. The number of carbonyl (C=O) groups is 3. The lowest BCUT2D eigenvalue weighted by Crippen LogP contribution is -2.21. The van der Waals surface area contributed by atoms with Crippen LogP contribution in [0.15, 0.2) is 36.4 Å². The molecule has 0 aromatic heterocycles. The van der Waals surface area contributed by atoms with Crippen LogP contribution in [0.25, 0.3) is 0 Å². The molecule has 0 aliphatic heterocycles. The number of rotatable bonds is 9. The van der Waals surface area contributed by atoms with Crippen molar-refractivity contribution in [3.8, 4) is 5.75 Å². The Morgan fingerprint density at radius 2 is 1.72 bits per heavy atom. The number of carbonyl (C=O) groups excluding carboxylic acids is 3. The lowest BCUT2D eigenvalue weighted by molar-refractivity contribution is -0.384. The van der Waals surface area contributed by atoms with Crippen LogP contribution in [0.4, 0.5) is 20.2 Å². The molecule has 0 saturated heterocycles. The summed E-state index contributed by atoms with van der Waals surface area (Å²) in [6, 6.07) is 6.33. The highest BCUT2D eigenvalue weighted by Crippen LogP contribution is 2.29. The quantitative estimate of drug-likeness (QED) is 0.330. The zero-order chi connectivity index (χ0) is 23.8. The number of nitro benzene ring substituents is 1. The molecule has 1 N–H and O–H groups in total. The van der Waals surface area contributed by atoms with E-state index in [9.17, 15) is 33.3 Å². The fraction of sp³-hybridized carbons (Fsp3) is 0.211. The van der Waals surface area contributed by atoms with Gasteiger partial charge in [-0.3, -0.25) is 14.9 Å². The third-order valence-electron chi connectivity index (χ3n) is 3.64. The molecule has 0 atom stereocenters. The lowest BCUT2D eigenvalue weighted by Gasteiger charge is -2.10. The van der Waals surface area contributed by atoms with Gasteiger partial charge in [0.25, 0.3) is 11.6 Å². The molecule has 32 heavy (non-hydrogen) atoms. The predicted molar refractivity (Wildman–Crippen MR) is 106 cm³/mol. The number of benzene rings is 2. The number of anilines is 1. The fourth-order valence-electron chi connectivity index (χ4n) is 2.35. The number of hydrogen-bond donors (Lipinski definition) is 1. The Hall–Kier alpha value is -3.80. The maximum atomic E-state index is 12.2. The smallest absolute Gasteiger partial charge is 0.387 e. The third kappa shape index (κ3) is 6.87. The summed E-state index contributed by atoms with van der Waals surface area (Å²) in [6.07, 6.45) is 0. The zero-order valence-corrected chi connectivity index (χ0v) is 17.1. The number of nitrogens with one attached hydrogen (secondary N) is 1. The molecule has 170 valence electrons. The lowest BCUT2D eigenvalue weighted by atomic mass is 10.1. The Balaban J connectivity index is 2.05. The van der Waals surface area contributed by atoms with E-state index in [0.717, 1.165) is 30.3 Å². The van der Waals surface area contributed by atoms with Gasteiger partial charge in [-0.15, -0.1) is 0 Å². The minimum absolute atomic E-state index is 0.0146. The molecule has 0 unspecified atom stereocenters. The standard InChI is InChI=1S/C19H15ClF2N2O8/c1-2-30-17(26)10-5-11(7-13(6-10)24(28)29)18(27)31-9-16(25)23-12-3-4-15(14(20)8-12)32-19(21)22/h3-8,19H,2,9H2,1H3,(H,23,25). The van der Waals surface area contributed by atoms with E-state index in [2.05, 4.69) is 10.1 Å². The number of nitro groups is 1. The summed E-state index contributed by atoms with van der Waals surface area (Å²) in [7, 11) is 0. The Labute approximate surface area is 184 Å². The molecule has 1 amide bonds. The molecule has 13 heteroatoms. The number of esters is 2. The number of hydrogen-bond acceptors (Lipinski definition) is 8. The number of amides is 1. The van der Waals surface area contributed by atoms with Crippen molar-refractivity contribution in [2.75, 3.05) is 18.5 Å². The molecule has 2 aromatic carbocycles. The van der Waals surface area contributed by atoms with Gasteiger partial charge in [-0.05, 0) is 31.2 Å². The van der Waals surface area contributed by atoms with Crippen molar-refractivity contribution in [1.29, 1.82) is 0 Å².